The largest absolute Gasteiger partial charge is 0.462 e. The molecule has 0 aliphatic rings. The molecule has 0 radical (unpaired) electrons. The molecule has 0 saturated heterocycles. The van der Waals surface area contributed by atoms with Crippen LogP contribution in [0.4, 0.5) is 5.82 Å². The zero-order chi connectivity index (χ0) is 12.7. The number of nitriles is 1. The van der Waals surface area contributed by atoms with Gasteiger partial charge in [0.1, 0.15) is 11.9 Å². The Morgan fingerprint density at radius 2 is 2.53 bits per heavy atom. The van der Waals surface area contributed by atoms with Crippen LogP contribution in [-0.2, 0) is 9.53 Å². The van der Waals surface area contributed by atoms with Gasteiger partial charge in [0.05, 0.1) is 11.6 Å². The Morgan fingerprint density at radius 1 is 1.76 bits per heavy atom. The summed E-state index contributed by atoms with van der Waals surface area (Å²) >= 11 is 5.84. The van der Waals surface area contributed by atoms with Crippen LogP contribution in [0.15, 0.2) is 30.1 Å². The van der Waals surface area contributed by atoms with E-state index in [4.69, 9.17) is 21.6 Å². The molecule has 5 nitrogen and oxygen atoms in total. The van der Waals surface area contributed by atoms with Crippen LogP contribution in [0.2, 0.25) is 5.02 Å². The minimum absolute atomic E-state index is 0.145. The number of carbonyl (C=O) groups is 1. The Morgan fingerprint density at radius 3 is 3.12 bits per heavy atom. The fourth-order valence-electron chi connectivity index (χ4n) is 0.978. The first-order chi connectivity index (χ1) is 8.19. The lowest BCUT2D eigenvalue weighted by Crippen LogP contribution is -2.08. The molecule has 6 heteroatoms. The molecule has 0 aromatic carbocycles. The maximum Gasteiger partial charge on any atom is 0.350 e. The molecule has 1 heterocycles. The van der Waals surface area contributed by atoms with Gasteiger partial charge in [0, 0.05) is 12.4 Å². The summed E-state index contributed by atoms with van der Waals surface area (Å²) in [5.41, 5.74) is -0.145. The first-order valence-electron chi connectivity index (χ1n) is 4.83. The summed E-state index contributed by atoms with van der Waals surface area (Å²) in [7, 11) is 0. The number of carbonyl (C=O) groups excluding carboxylic acids is 1. The van der Waals surface area contributed by atoms with E-state index in [1.54, 1.807) is 31.3 Å². The molecule has 88 valence electrons. The molecule has 0 bridgehead atoms. The van der Waals surface area contributed by atoms with Gasteiger partial charge >= 0.3 is 5.97 Å². The number of esters is 1. The second kappa shape index (κ2) is 6.51. The van der Waals surface area contributed by atoms with Crippen LogP contribution in [0.25, 0.3) is 0 Å². The fraction of sp³-hybridized carbons (Fsp3) is 0.182. The van der Waals surface area contributed by atoms with Crippen LogP contribution >= 0.6 is 11.6 Å². The molecule has 0 spiro atoms. The van der Waals surface area contributed by atoms with E-state index in [2.05, 4.69) is 10.3 Å². The van der Waals surface area contributed by atoms with Gasteiger partial charge in [0.15, 0.2) is 5.57 Å². The molecule has 1 N–H and O–H groups in total. The Labute approximate surface area is 104 Å². The molecule has 1 aromatic rings. The number of pyridine rings is 1. The van der Waals surface area contributed by atoms with Gasteiger partial charge in [0.2, 0.25) is 0 Å². The molecular weight excluding hydrogens is 242 g/mol. The van der Waals surface area contributed by atoms with E-state index >= 15 is 0 Å². The summed E-state index contributed by atoms with van der Waals surface area (Å²) in [5.74, 6) is -0.319. The predicted molar refractivity (Wildman–Crippen MR) is 63.2 cm³/mol. The van der Waals surface area contributed by atoms with Crippen molar-refractivity contribution in [1.29, 1.82) is 5.26 Å². The van der Waals surface area contributed by atoms with Crippen molar-refractivity contribution in [1.82, 2.24) is 4.98 Å². The van der Waals surface area contributed by atoms with E-state index < -0.39 is 5.97 Å². The molecule has 0 unspecified atom stereocenters. The van der Waals surface area contributed by atoms with E-state index in [0.717, 1.165) is 0 Å². The molecule has 0 aliphatic carbocycles. The minimum atomic E-state index is -0.686. The number of nitrogens with zero attached hydrogens (tertiary/aromatic N) is 2. The Balaban J connectivity index is 2.79. The van der Waals surface area contributed by atoms with Crippen molar-refractivity contribution in [3.63, 3.8) is 0 Å². The zero-order valence-electron chi connectivity index (χ0n) is 9.11. The van der Waals surface area contributed by atoms with Gasteiger partial charge in [-0.2, -0.15) is 5.26 Å². The van der Waals surface area contributed by atoms with Gasteiger partial charge in [-0.3, -0.25) is 0 Å². The lowest BCUT2D eigenvalue weighted by Gasteiger charge is -2.03. The second-order valence-corrected chi connectivity index (χ2v) is 3.28. The molecular formula is C11H10ClN3O2. The van der Waals surface area contributed by atoms with Crippen molar-refractivity contribution in [3.05, 3.63) is 35.1 Å². The first kappa shape index (κ1) is 13.0. The minimum Gasteiger partial charge on any atom is -0.462 e. The van der Waals surface area contributed by atoms with Gasteiger partial charge in [0.25, 0.3) is 0 Å². The van der Waals surface area contributed by atoms with Crippen molar-refractivity contribution >= 4 is 23.4 Å². The summed E-state index contributed by atoms with van der Waals surface area (Å²) in [5, 5.41) is 11.8. The van der Waals surface area contributed by atoms with E-state index in [9.17, 15) is 4.79 Å². The highest BCUT2D eigenvalue weighted by atomic mass is 35.5. The third-order valence-corrected chi connectivity index (χ3v) is 2.03. The normalized spacial score (nSPS) is 10.5. The average molecular weight is 252 g/mol. The van der Waals surface area contributed by atoms with Crippen LogP contribution in [0.5, 0.6) is 0 Å². The fourth-order valence-corrected chi connectivity index (χ4v) is 1.15. The number of nitrogens with one attached hydrogen (secondary N) is 1. The SMILES string of the molecule is CCOC(=O)/C(C#N)=C\Nc1ncccc1Cl. The van der Waals surface area contributed by atoms with Crippen molar-refractivity contribution < 1.29 is 9.53 Å². The standard InChI is InChI=1S/C11H10ClN3O2/c1-2-17-11(16)8(6-13)7-15-10-9(12)4-3-5-14-10/h3-5,7H,2H2,1H3,(H,14,15)/b8-7-. The summed E-state index contributed by atoms with van der Waals surface area (Å²) in [6, 6.07) is 5.04. The third kappa shape index (κ3) is 3.78. The maximum absolute atomic E-state index is 11.3. The smallest absolute Gasteiger partial charge is 0.350 e. The Kier molecular flexibility index (Phi) is 4.98. The molecule has 0 atom stereocenters. The highest BCUT2D eigenvalue weighted by Crippen LogP contribution is 2.17. The summed E-state index contributed by atoms with van der Waals surface area (Å²) in [6.07, 6.45) is 2.75. The van der Waals surface area contributed by atoms with Gasteiger partial charge in [-0.15, -0.1) is 0 Å². The van der Waals surface area contributed by atoms with Crippen LogP contribution in [-0.4, -0.2) is 17.6 Å². The van der Waals surface area contributed by atoms with E-state index in [-0.39, 0.29) is 12.2 Å². The van der Waals surface area contributed by atoms with E-state index in [1.165, 1.54) is 6.20 Å². The number of rotatable bonds is 4. The molecule has 1 aromatic heterocycles. The quantitative estimate of drug-likeness (QED) is 0.504. The Bertz CT molecular complexity index is 480. The predicted octanol–water partition coefficient (Wildman–Crippen LogP) is 2.12. The number of halogens is 1. The van der Waals surface area contributed by atoms with Crippen molar-refractivity contribution in [2.24, 2.45) is 0 Å². The highest BCUT2D eigenvalue weighted by molar-refractivity contribution is 6.32. The maximum atomic E-state index is 11.3. The topological polar surface area (TPSA) is 75.0 Å². The van der Waals surface area contributed by atoms with Gasteiger partial charge in [-0.05, 0) is 19.1 Å². The van der Waals surface area contributed by atoms with Crippen LogP contribution in [0.3, 0.4) is 0 Å². The third-order valence-electron chi connectivity index (χ3n) is 1.73. The average Bonchev–Trinajstić information content (AvgIpc) is 2.32. The van der Waals surface area contributed by atoms with Crippen LogP contribution < -0.4 is 5.32 Å². The summed E-state index contributed by atoms with van der Waals surface area (Å²) in [6.45, 7) is 1.87. The number of hydrogen-bond acceptors (Lipinski definition) is 5. The number of aromatic nitrogens is 1. The van der Waals surface area contributed by atoms with Crippen molar-refractivity contribution in [2.45, 2.75) is 6.92 Å². The number of ether oxygens (including phenoxy) is 1. The van der Waals surface area contributed by atoms with Gasteiger partial charge < -0.3 is 10.1 Å². The first-order valence-corrected chi connectivity index (χ1v) is 5.21. The monoisotopic (exact) mass is 251 g/mol. The molecule has 0 amide bonds. The lowest BCUT2D eigenvalue weighted by atomic mass is 10.3. The second-order valence-electron chi connectivity index (χ2n) is 2.87. The van der Waals surface area contributed by atoms with Crippen molar-refractivity contribution in [2.75, 3.05) is 11.9 Å². The van der Waals surface area contributed by atoms with Crippen molar-refractivity contribution in [3.8, 4) is 6.07 Å². The number of anilines is 1. The highest BCUT2D eigenvalue weighted by Gasteiger charge is 2.09. The summed E-state index contributed by atoms with van der Waals surface area (Å²) < 4.78 is 4.69. The summed E-state index contributed by atoms with van der Waals surface area (Å²) in [4.78, 5) is 15.2. The number of hydrogen-bond donors (Lipinski definition) is 1. The van der Waals surface area contributed by atoms with E-state index in [1.807, 2.05) is 0 Å². The Hall–Kier alpha value is -2.06. The molecule has 1 rings (SSSR count). The van der Waals surface area contributed by atoms with Gasteiger partial charge in [-0.25, -0.2) is 9.78 Å². The lowest BCUT2D eigenvalue weighted by molar-refractivity contribution is -0.138. The molecule has 17 heavy (non-hydrogen) atoms. The molecule has 0 saturated carbocycles. The molecule has 0 fully saturated rings. The zero-order valence-corrected chi connectivity index (χ0v) is 9.86. The van der Waals surface area contributed by atoms with E-state index in [0.29, 0.717) is 10.8 Å². The van der Waals surface area contributed by atoms with Crippen LogP contribution in [0, 0.1) is 11.3 Å². The van der Waals surface area contributed by atoms with Crippen LogP contribution in [0.1, 0.15) is 6.92 Å². The van der Waals surface area contributed by atoms with Gasteiger partial charge in [-0.1, -0.05) is 11.6 Å². The molecule has 0 aliphatic heterocycles.